The van der Waals surface area contributed by atoms with Gasteiger partial charge in [0.25, 0.3) is 0 Å². The lowest BCUT2D eigenvalue weighted by molar-refractivity contribution is -0.304. The lowest BCUT2D eigenvalue weighted by Crippen LogP contribution is -2.63. The van der Waals surface area contributed by atoms with Gasteiger partial charge < -0.3 is 28.4 Å². The maximum atomic E-state index is 14.2. The fraction of sp³-hybridized carbons (Fsp3) is 0.263. The number of rotatable bonds is 13. The smallest absolute Gasteiger partial charge is 0.340 e. The number of esters is 2. The molecule has 1 saturated heterocycles. The Morgan fingerprint density at radius 1 is 0.739 bits per heavy atom. The van der Waals surface area contributed by atoms with Crippen molar-refractivity contribution in [2.45, 2.75) is 63.8 Å². The van der Waals surface area contributed by atoms with Crippen molar-refractivity contribution in [3.8, 4) is 0 Å². The van der Waals surface area contributed by atoms with Crippen LogP contribution in [-0.4, -0.2) is 42.6 Å². The van der Waals surface area contributed by atoms with Crippen LogP contribution in [-0.2, 0) is 51.2 Å². The maximum absolute atomic E-state index is 14.2. The maximum Gasteiger partial charge on any atom is 0.340 e. The Labute approximate surface area is 272 Å². The molecule has 238 valence electrons. The number of benzene rings is 4. The van der Waals surface area contributed by atoms with E-state index in [2.05, 4.69) is 0 Å². The van der Waals surface area contributed by atoms with Gasteiger partial charge >= 0.3 is 11.9 Å². The van der Waals surface area contributed by atoms with Gasteiger partial charge in [-0.05, 0) is 29.2 Å². The molecule has 0 aromatic heterocycles. The van der Waals surface area contributed by atoms with Crippen molar-refractivity contribution in [3.05, 3.63) is 156 Å². The fourth-order valence-electron chi connectivity index (χ4n) is 5.03. The molecule has 46 heavy (non-hydrogen) atoms. The van der Waals surface area contributed by atoms with E-state index in [1.54, 1.807) is 61.5 Å². The highest BCUT2D eigenvalue weighted by atomic mass is 16.7. The zero-order valence-corrected chi connectivity index (χ0v) is 25.6. The summed E-state index contributed by atoms with van der Waals surface area (Å²) in [4.78, 5) is 26.8. The Balaban J connectivity index is 1.55. The monoisotopic (exact) mass is 624 g/mol. The lowest BCUT2D eigenvalue weighted by Gasteiger charge is -2.44. The van der Waals surface area contributed by atoms with Gasteiger partial charge in [-0.3, -0.25) is 4.79 Å². The molecule has 8 heteroatoms. The average Bonchev–Trinajstić information content (AvgIpc) is 3.12. The molecule has 0 radical (unpaired) electrons. The zero-order valence-electron chi connectivity index (χ0n) is 27.6. The summed E-state index contributed by atoms with van der Waals surface area (Å²) in [6.45, 7) is 0.392. The molecule has 0 bridgehead atoms. The second-order valence-electron chi connectivity index (χ2n) is 10.5. The molecule has 8 nitrogen and oxygen atoms in total. The third kappa shape index (κ3) is 8.69. The van der Waals surface area contributed by atoms with E-state index >= 15 is 0 Å². The summed E-state index contributed by atoms with van der Waals surface area (Å²) < 4.78 is 54.3. The minimum atomic E-state index is -1.56. The highest BCUT2D eigenvalue weighted by Crippen LogP contribution is 2.34. The molecule has 1 heterocycles. The first kappa shape index (κ1) is 29.9. The van der Waals surface area contributed by atoms with E-state index in [1.165, 1.54) is 13.2 Å². The first-order valence-electron chi connectivity index (χ1n) is 16.2. The molecule has 0 N–H and O–H groups in total. The van der Waals surface area contributed by atoms with Gasteiger partial charge in [-0.25, -0.2) is 4.79 Å². The zero-order chi connectivity index (χ0) is 33.9. The molecular formula is C38H38O8. The number of hydrogen-bond acceptors (Lipinski definition) is 8. The average molecular weight is 625 g/mol. The van der Waals surface area contributed by atoms with Crippen LogP contribution >= 0.6 is 0 Å². The van der Waals surface area contributed by atoms with Gasteiger partial charge in [0.05, 0.1) is 22.2 Å². The molecule has 1 aliphatic heterocycles. The molecule has 5 rings (SSSR count). The first-order chi connectivity index (χ1) is 23.4. The van der Waals surface area contributed by atoms with Gasteiger partial charge in [-0.15, -0.1) is 0 Å². The third-order valence-corrected chi connectivity index (χ3v) is 7.14. The predicted octanol–water partition coefficient (Wildman–Crippen LogP) is 6.70. The SMILES string of the molecule is [2H]C(O[C@H]1[C@H](OC(C)=O)[C@@H](C(=O)OC(c2ccccc2)c2ccccc2)OC(OC=CC)[C@@H]1OC([2H])c1ccccc1)c1ccccc1. The van der Waals surface area contributed by atoms with Crippen LogP contribution in [0.15, 0.2) is 134 Å². The van der Waals surface area contributed by atoms with Crippen LogP contribution in [0.5, 0.6) is 0 Å². The largest absolute Gasteiger partial charge is 0.470 e. The van der Waals surface area contributed by atoms with E-state index in [-0.39, 0.29) is 0 Å². The van der Waals surface area contributed by atoms with E-state index in [0.29, 0.717) is 22.3 Å². The summed E-state index contributed by atoms with van der Waals surface area (Å²) in [6.07, 6.45) is -4.75. The highest BCUT2D eigenvalue weighted by Gasteiger charge is 2.54. The van der Waals surface area contributed by atoms with Gasteiger partial charge in [0.2, 0.25) is 6.29 Å². The molecule has 0 amide bonds. The van der Waals surface area contributed by atoms with Crippen LogP contribution in [0.1, 0.15) is 44.9 Å². The summed E-state index contributed by atoms with van der Waals surface area (Å²) in [6, 6.07) is 36.0. The first-order valence-corrected chi connectivity index (χ1v) is 15.0. The number of allylic oxidation sites excluding steroid dienone is 1. The Bertz CT molecular complexity index is 1570. The molecule has 4 aromatic rings. The standard InChI is InChI=1S/C38H38O8/c1-3-24-41-38-36(43-26-29-18-10-5-11-19-29)33(42-25-28-16-8-4-9-17-28)34(44-27(2)39)35(46-38)37(40)45-32(30-20-12-6-13-21-30)31-22-14-7-15-23-31/h3-24,32-36,38H,25-26H2,1-2H3/t33-,34-,35-,36+,38?/m0/s1/i25D,26D/t25?,26?,33-,34-,35-,36+,38?. The Kier molecular flexibility index (Phi) is 10.7. The minimum absolute atomic E-state index is 0.507. The lowest BCUT2D eigenvalue weighted by atomic mass is 9.97. The summed E-state index contributed by atoms with van der Waals surface area (Å²) >= 11 is 0. The second-order valence-corrected chi connectivity index (χ2v) is 10.5. The van der Waals surface area contributed by atoms with Crippen LogP contribution in [0, 0.1) is 0 Å². The van der Waals surface area contributed by atoms with E-state index in [0.717, 1.165) is 0 Å². The van der Waals surface area contributed by atoms with Crippen LogP contribution in [0.3, 0.4) is 0 Å². The van der Waals surface area contributed by atoms with Crippen LogP contribution < -0.4 is 0 Å². The molecule has 0 spiro atoms. The third-order valence-electron chi connectivity index (χ3n) is 7.14. The molecule has 1 aliphatic rings. The van der Waals surface area contributed by atoms with E-state index in [1.807, 2.05) is 72.8 Å². The number of carbonyl (C=O) groups is 2. The molecular weight excluding hydrogens is 584 g/mol. The highest BCUT2D eigenvalue weighted by molar-refractivity contribution is 5.77. The van der Waals surface area contributed by atoms with Crippen molar-refractivity contribution in [2.24, 2.45) is 0 Å². The van der Waals surface area contributed by atoms with Crippen LogP contribution in [0.4, 0.5) is 0 Å². The van der Waals surface area contributed by atoms with Gasteiger partial charge in [-0.2, -0.15) is 0 Å². The Morgan fingerprint density at radius 3 is 1.70 bits per heavy atom. The molecule has 7 atom stereocenters. The number of carbonyl (C=O) groups excluding carboxylic acids is 2. The minimum Gasteiger partial charge on any atom is -0.470 e. The van der Waals surface area contributed by atoms with Crippen molar-refractivity contribution in [1.29, 1.82) is 0 Å². The quantitative estimate of drug-likeness (QED) is 0.120. The van der Waals surface area contributed by atoms with Gasteiger partial charge in [0, 0.05) is 6.92 Å². The van der Waals surface area contributed by atoms with Crippen molar-refractivity contribution in [3.63, 3.8) is 0 Å². The topological polar surface area (TPSA) is 89.5 Å². The van der Waals surface area contributed by atoms with Crippen molar-refractivity contribution in [2.75, 3.05) is 0 Å². The van der Waals surface area contributed by atoms with E-state index < -0.39 is 61.9 Å². The van der Waals surface area contributed by atoms with Crippen molar-refractivity contribution >= 4 is 11.9 Å². The summed E-state index contributed by atoms with van der Waals surface area (Å²) in [5.41, 5.74) is 2.46. The molecule has 4 aromatic carbocycles. The van der Waals surface area contributed by atoms with Gasteiger partial charge in [0.1, 0.15) is 12.2 Å². The summed E-state index contributed by atoms with van der Waals surface area (Å²) in [5, 5.41) is 0. The number of ether oxygens (including phenoxy) is 6. The van der Waals surface area contributed by atoms with Gasteiger partial charge in [0.15, 0.2) is 18.3 Å². The molecule has 0 aliphatic carbocycles. The number of hydrogen-bond donors (Lipinski definition) is 0. The molecule has 3 unspecified atom stereocenters. The fourth-order valence-corrected chi connectivity index (χ4v) is 5.03. The van der Waals surface area contributed by atoms with Crippen LogP contribution in [0.25, 0.3) is 0 Å². The van der Waals surface area contributed by atoms with Crippen LogP contribution in [0.2, 0.25) is 0 Å². The normalized spacial score (nSPS) is 23.2. The van der Waals surface area contributed by atoms with Crippen molar-refractivity contribution in [1.82, 2.24) is 0 Å². The molecule has 0 saturated carbocycles. The van der Waals surface area contributed by atoms with E-state index in [4.69, 9.17) is 31.2 Å². The summed E-state index contributed by atoms with van der Waals surface area (Å²) in [5.74, 6) is -1.58. The van der Waals surface area contributed by atoms with Crippen molar-refractivity contribution < 1.29 is 40.8 Å². The predicted molar refractivity (Wildman–Crippen MR) is 171 cm³/mol. The van der Waals surface area contributed by atoms with E-state index in [9.17, 15) is 9.59 Å². The summed E-state index contributed by atoms with van der Waals surface area (Å²) in [7, 11) is 0. The van der Waals surface area contributed by atoms with Gasteiger partial charge in [-0.1, -0.05) is 127 Å². The molecule has 1 fully saturated rings. The Morgan fingerprint density at radius 2 is 1.22 bits per heavy atom. The Hall–Kier alpha value is -4.76. The second kappa shape index (κ2) is 16.5.